The van der Waals surface area contributed by atoms with Crippen molar-refractivity contribution in [3.63, 3.8) is 0 Å². The Morgan fingerprint density at radius 3 is 1.26 bits per heavy atom. The highest BCUT2D eigenvalue weighted by Gasteiger charge is 2.25. The van der Waals surface area contributed by atoms with Gasteiger partial charge in [0.1, 0.15) is 11.5 Å². The molecule has 0 bridgehead atoms. The Morgan fingerprint density at radius 1 is 0.352 bits per heavy atom. The monoisotopic (exact) mass is 726 g/mol. The summed E-state index contributed by atoms with van der Waals surface area (Å²) in [6, 6.07) is 37.7. The molecule has 0 aliphatic heterocycles. The summed E-state index contributed by atoms with van der Waals surface area (Å²) in [7, 11) is 0. The number of hydrogen-bond donors (Lipinski definition) is 8. The Kier molecular flexibility index (Phi) is 11.8. The first-order valence-corrected chi connectivity index (χ1v) is 18.2. The molecule has 0 radical (unpaired) electrons. The molecular formula is C46H46O8. The van der Waals surface area contributed by atoms with Crippen LogP contribution in [0.1, 0.15) is 56.8 Å². The number of benzene rings is 6. The van der Waals surface area contributed by atoms with E-state index in [4.69, 9.17) is 0 Å². The van der Waals surface area contributed by atoms with E-state index in [0.29, 0.717) is 25.7 Å². The summed E-state index contributed by atoms with van der Waals surface area (Å²) in [5, 5.41) is 79.7. The van der Waals surface area contributed by atoms with Crippen molar-refractivity contribution in [2.75, 3.05) is 0 Å². The molecule has 0 spiro atoms. The number of rotatable bonds is 15. The molecule has 54 heavy (non-hydrogen) atoms. The molecule has 0 saturated heterocycles. The summed E-state index contributed by atoms with van der Waals surface area (Å²) >= 11 is 0. The van der Waals surface area contributed by atoms with E-state index in [1.807, 2.05) is 30.3 Å². The fourth-order valence-electron chi connectivity index (χ4n) is 7.25. The van der Waals surface area contributed by atoms with Gasteiger partial charge in [-0.1, -0.05) is 72.8 Å². The highest BCUT2D eigenvalue weighted by molar-refractivity contribution is 5.52. The van der Waals surface area contributed by atoms with E-state index in [1.54, 1.807) is 12.1 Å². The van der Waals surface area contributed by atoms with Crippen LogP contribution in [-0.2, 0) is 44.9 Å². The first-order chi connectivity index (χ1) is 26.0. The molecule has 8 N–H and O–H groups in total. The van der Waals surface area contributed by atoms with Crippen LogP contribution in [0.4, 0.5) is 0 Å². The van der Waals surface area contributed by atoms with Crippen LogP contribution in [0.3, 0.4) is 0 Å². The third kappa shape index (κ3) is 9.77. The molecule has 6 aromatic rings. The van der Waals surface area contributed by atoms with E-state index in [9.17, 15) is 40.9 Å². The molecule has 0 aliphatic rings. The maximum Gasteiger partial charge on any atom is 0.200 e. The van der Waals surface area contributed by atoms with Crippen LogP contribution in [0.2, 0.25) is 0 Å². The minimum absolute atomic E-state index is 0.0535. The molecule has 0 unspecified atom stereocenters. The second kappa shape index (κ2) is 17.0. The maximum atomic E-state index is 10.6. The van der Waals surface area contributed by atoms with E-state index in [-0.39, 0.29) is 46.3 Å². The minimum Gasteiger partial charge on any atom is -0.508 e. The van der Waals surface area contributed by atoms with E-state index in [0.717, 1.165) is 64.6 Å². The fourth-order valence-corrected chi connectivity index (χ4v) is 7.25. The Labute approximate surface area is 315 Å². The summed E-state index contributed by atoms with van der Waals surface area (Å²) in [6.07, 6.45) is 5.64. The summed E-state index contributed by atoms with van der Waals surface area (Å²) in [5.41, 5.74) is 8.06. The number of hydrogen-bond acceptors (Lipinski definition) is 8. The molecule has 2 atom stereocenters. The van der Waals surface area contributed by atoms with Crippen LogP contribution in [0.5, 0.6) is 46.0 Å². The molecule has 8 nitrogen and oxygen atoms in total. The lowest BCUT2D eigenvalue weighted by Gasteiger charge is -2.29. The molecular weight excluding hydrogens is 680 g/mol. The zero-order chi connectivity index (χ0) is 38.2. The average Bonchev–Trinajstić information content (AvgIpc) is 3.16. The van der Waals surface area contributed by atoms with Gasteiger partial charge in [-0.25, -0.2) is 0 Å². The fraction of sp³-hybridized carbons (Fsp3) is 0.217. The van der Waals surface area contributed by atoms with Crippen LogP contribution in [0, 0.1) is 5.92 Å². The molecule has 0 amide bonds. The Hall–Kier alpha value is -6.28. The Morgan fingerprint density at radius 2 is 0.778 bits per heavy atom. The second-order valence-corrected chi connectivity index (χ2v) is 14.2. The van der Waals surface area contributed by atoms with Gasteiger partial charge in [0.15, 0.2) is 34.5 Å². The van der Waals surface area contributed by atoms with Gasteiger partial charge in [0.25, 0.3) is 0 Å². The summed E-state index contributed by atoms with van der Waals surface area (Å²) < 4.78 is 0. The molecule has 278 valence electrons. The van der Waals surface area contributed by atoms with Crippen LogP contribution in [0.15, 0.2) is 121 Å². The molecule has 8 heteroatoms. The zero-order valence-corrected chi connectivity index (χ0v) is 29.9. The molecule has 6 aromatic carbocycles. The maximum absolute atomic E-state index is 10.6. The standard InChI is InChI=1S/C46H46O8/c47-38-5-1-3-31(22-38)19-20-37(21-32-13-7-29(8-14-32)11-17-34-24-41(49)45(53)42(50)25-34)40(36-4-2-6-39(48)28-36)23-33-15-9-30(10-16-33)12-18-35-26-43(51)46(54)44(52)27-35/h1-10,13-16,22,24-28,37,40,47-54H,11-12,17-21,23H2/t37-,40+/m0/s1. The molecule has 0 fully saturated rings. The first-order valence-electron chi connectivity index (χ1n) is 18.2. The quantitative estimate of drug-likeness (QED) is 0.0488. The van der Waals surface area contributed by atoms with Gasteiger partial charge in [-0.05, 0) is 156 Å². The third-order valence-electron chi connectivity index (χ3n) is 10.2. The lowest BCUT2D eigenvalue weighted by Crippen LogP contribution is -2.19. The average molecular weight is 727 g/mol. The van der Waals surface area contributed by atoms with E-state index < -0.39 is 11.5 Å². The van der Waals surface area contributed by atoms with Crippen LogP contribution in [-0.4, -0.2) is 40.9 Å². The SMILES string of the molecule is Oc1cccc(CC[C@@H](Cc2ccc(CCc3cc(O)c(O)c(O)c3)cc2)[C@H](Cc2ccc(CCc3cc(O)c(O)c(O)c3)cc2)c2cccc(O)c2)c1. The van der Waals surface area contributed by atoms with Gasteiger partial charge in [0, 0.05) is 0 Å². The van der Waals surface area contributed by atoms with Crippen molar-refractivity contribution in [2.45, 2.75) is 57.3 Å². The predicted molar refractivity (Wildman–Crippen MR) is 209 cm³/mol. The topological polar surface area (TPSA) is 162 Å². The van der Waals surface area contributed by atoms with Crippen molar-refractivity contribution < 1.29 is 40.9 Å². The van der Waals surface area contributed by atoms with E-state index in [2.05, 4.69) is 54.6 Å². The predicted octanol–water partition coefficient (Wildman–Crippen LogP) is 8.72. The van der Waals surface area contributed by atoms with E-state index in [1.165, 1.54) is 29.8 Å². The van der Waals surface area contributed by atoms with Gasteiger partial charge >= 0.3 is 0 Å². The number of aromatic hydroxyl groups is 8. The van der Waals surface area contributed by atoms with Gasteiger partial charge < -0.3 is 40.9 Å². The Bertz CT molecular complexity index is 2130. The van der Waals surface area contributed by atoms with Gasteiger partial charge in [-0.15, -0.1) is 0 Å². The largest absolute Gasteiger partial charge is 0.508 e. The van der Waals surface area contributed by atoms with Crippen molar-refractivity contribution in [3.05, 3.63) is 166 Å². The normalized spacial score (nSPS) is 12.4. The highest BCUT2D eigenvalue weighted by Crippen LogP contribution is 2.38. The molecule has 0 aromatic heterocycles. The van der Waals surface area contributed by atoms with Crippen molar-refractivity contribution in [2.24, 2.45) is 5.92 Å². The molecule has 6 rings (SSSR count). The number of phenolic OH excluding ortho intramolecular Hbond substituents is 8. The van der Waals surface area contributed by atoms with Gasteiger partial charge in [-0.2, -0.15) is 0 Å². The summed E-state index contributed by atoms with van der Waals surface area (Å²) in [5.74, 6) is -1.75. The molecule has 0 saturated carbocycles. The Balaban J connectivity index is 1.22. The number of phenols is 8. The first kappa shape index (κ1) is 37.5. The summed E-state index contributed by atoms with van der Waals surface area (Å²) in [4.78, 5) is 0. The smallest absolute Gasteiger partial charge is 0.200 e. The van der Waals surface area contributed by atoms with E-state index >= 15 is 0 Å². The van der Waals surface area contributed by atoms with Gasteiger partial charge in [-0.3, -0.25) is 0 Å². The lowest BCUT2D eigenvalue weighted by atomic mass is 9.75. The second-order valence-electron chi connectivity index (χ2n) is 14.2. The molecule has 0 aliphatic carbocycles. The third-order valence-corrected chi connectivity index (χ3v) is 10.2. The van der Waals surface area contributed by atoms with Gasteiger partial charge in [0.05, 0.1) is 0 Å². The highest BCUT2D eigenvalue weighted by atomic mass is 16.3. The number of aryl methyl sites for hydroxylation is 5. The van der Waals surface area contributed by atoms with Gasteiger partial charge in [0.2, 0.25) is 0 Å². The van der Waals surface area contributed by atoms with Crippen molar-refractivity contribution in [3.8, 4) is 46.0 Å². The lowest BCUT2D eigenvalue weighted by molar-refractivity contribution is 0.367. The summed E-state index contributed by atoms with van der Waals surface area (Å²) in [6.45, 7) is 0. The van der Waals surface area contributed by atoms with Crippen LogP contribution >= 0.6 is 0 Å². The minimum atomic E-state index is -0.520. The van der Waals surface area contributed by atoms with Crippen molar-refractivity contribution in [1.29, 1.82) is 0 Å². The molecule has 0 heterocycles. The van der Waals surface area contributed by atoms with Crippen LogP contribution in [0.25, 0.3) is 0 Å². The van der Waals surface area contributed by atoms with Crippen LogP contribution < -0.4 is 0 Å². The van der Waals surface area contributed by atoms with Crippen molar-refractivity contribution >= 4 is 0 Å². The van der Waals surface area contributed by atoms with Crippen molar-refractivity contribution in [1.82, 2.24) is 0 Å². The zero-order valence-electron chi connectivity index (χ0n) is 29.9.